The lowest BCUT2D eigenvalue weighted by molar-refractivity contribution is -0.272. The second-order valence-corrected chi connectivity index (χ2v) is 1.31. The first kappa shape index (κ1) is 7.86. The van der Waals surface area contributed by atoms with Crippen molar-refractivity contribution in [3.05, 3.63) is 0 Å². The Bertz CT molecular complexity index is 97.2. The molecule has 0 aromatic heterocycles. The molecule has 1 unspecified atom stereocenters. The van der Waals surface area contributed by atoms with Gasteiger partial charge in [-0.2, -0.15) is 8.39 Å². The average Bonchev–Trinajstić information content (AvgIpc) is 1.21. The zero-order chi connectivity index (χ0) is 6.78. The van der Waals surface area contributed by atoms with E-state index in [2.05, 4.69) is 4.18 Å². The molecule has 0 aliphatic rings. The molecule has 0 saturated heterocycles. The van der Waals surface area contributed by atoms with E-state index < -0.39 is 17.7 Å². The molecule has 0 fully saturated rings. The van der Waals surface area contributed by atoms with Gasteiger partial charge >= 0.3 is 17.7 Å². The van der Waals surface area contributed by atoms with E-state index in [1.807, 2.05) is 0 Å². The highest BCUT2D eigenvalue weighted by Crippen LogP contribution is 2.16. The normalized spacial score (nSPS) is 16.0. The van der Waals surface area contributed by atoms with Gasteiger partial charge in [0.1, 0.15) is 0 Å². The van der Waals surface area contributed by atoms with Crippen molar-refractivity contribution in [1.29, 1.82) is 0 Å². The highest BCUT2D eigenvalue weighted by Gasteiger charge is 2.33. The van der Waals surface area contributed by atoms with Crippen molar-refractivity contribution in [1.82, 2.24) is 0 Å². The third kappa shape index (κ3) is 5.86. The molecule has 0 bridgehead atoms. The van der Waals surface area contributed by atoms with E-state index in [1.165, 1.54) is 0 Å². The first-order valence-electron chi connectivity index (χ1n) is 1.27. The van der Waals surface area contributed by atoms with Gasteiger partial charge in [0, 0.05) is 0 Å². The van der Waals surface area contributed by atoms with Crippen molar-refractivity contribution in [3.63, 3.8) is 0 Å². The zero-order valence-electron chi connectivity index (χ0n) is 3.27. The maximum Gasteiger partial charge on any atom is 0.537 e. The summed E-state index contributed by atoms with van der Waals surface area (Å²) in [5, 5.41) is 0. The monoisotopic (exact) mass is 149 g/mol. The highest BCUT2D eigenvalue weighted by molar-refractivity contribution is 7.73. The molecule has 3 nitrogen and oxygen atoms in total. The molecule has 0 N–H and O–H groups in total. The molecule has 7 heteroatoms. The van der Waals surface area contributed by atoms with Crippen LogP contribution in [0.1, 0.15) is 0 Å². The molecule has 1 radical (unpaired) electrons. The van der Waals surface area contributed by atoms with E-state index in [0.29, 0.717) is 0 Å². The molecular formula is CF3O3S. The van der Waals surface area contributed by atoms with Crippen LogP contribution in [-0.2, 0) is 20.1 Å². The lowest BCUT2D eigenvalue weighted by Gasteiger charge is -1.97. The van der Waals surface area contributed by atoms with Gasteiger partial charge in [0.2, 0.25) is 0 Å². The molecule has 8 heavy (non-hydrogen) atoms. The van der Waals surface area contributed by atoms with Crippen molar-refractivity contribution in [3.8, 4) is 0 Å². The smallest absolute Gasteiger partial charge is 0.194 e. The summed E-state index contributed by atoms with van der Waals surface area (Å²) >= 11 is -3.51. The fraction of sp³-hybridized carbons (Fsp3) is 1.00. The topological polar surface area (TPSA) is 46.2 Å². The summed E-state index contributed by atoms with van der Waals surface area (Å²) < 4.78 is 52.6. The van der Waals surface area contributed by atoms with Crippen molar-refractivity contribution >= 4 is 11.4 Å². The first-order chi connectivity index (χ1) is 3.42. The number of rotatable bonds is 1. The standard InChI is InChI=1S/CF3O3S/c2-1(3,4)7-8(5)6. The summed E-state index contributed by atoms with van der Waals surface area (Å²) in [4.78, 5) is 0. The van der Waals surface area contributed by atoms with Gasteiger partial charge in [0.15, 0.2) is 0 Å². The number of hydrogen-bond donors (Lipinski definition) is 0. The largest absolute Gasteiger partial charge is 0.537 e. The molecule has 0 aromatic carbocycles. The van der Waals surface area contributed by atoms with Gasteiger partial charge in [-0.3, -0.25) is 0 Å². The molecule has 0 saturated carbocycles. The van der Waals surface area contributed by atoms with Gasteiger partial charge in [-0.1, -0.05) is 4.55 Å². The summed E-state index contributed by atoms with van der Waals surface area (Å²) in [6.45, 7) is 0. The molecule has 0 heterocycles. The summed E-state index contributed by atoms with van der Waals surface area (Å²) in [6.07, 6.45) is -5.09. The SMILES string of the molecule is [O]S(=O)OC(F)(F)F. The van der Waals surface area contributed by atoms with Crippen LogP contribution >= 0.6 is 0 Å². The van der Waals surface area contributed by atoms with Gasteiger partial charge in [-0.05, 0) is 0 Å². The van der Waals surface area contributed by atoms with E-state index in [0.717, 1.165) is 0 Å². The fourth-order valence-corrected chi connectivity index (χ4v) is 0.231. The molecule has 0 amide bonds. The quantitative estimate of drug-likeness (QED) is 0.545. The van der Waals surface area contributed by atoms with Gasteiger partial charge in [-0.25, -0.2) is 0 Å². The van der Waals surface area contributed by atoms with Crippen LogP contribution in [0.15, 0.2) is 0 Å². The van der Waals surface area contributed by atoms with E-state index >= 15 is 0 Å². The molecular weight excluding hydrogens is 149 g/mol. The summed E-state index contributed by atoms with van der Waals surface area (Å²) in [7, 11) is 0. The van der Waals surface area contributed by atoms with Crippen molar-refractivity contribution < 1.29 is 26.1 Å². The van der Waals surface area contributed by atoms with Crippen LogP contribution < -0.4 is 0 Å². The van der Waals surface area contributed by atoms with Crippen LogP contribution in [0.4, 0.5) is 13.2 Å². The van der Waals surface area contributed by atoms with Crippen LogP contribution in [0.25, 0.3) is 0 Å². The first-order valence-corrected chi connectivity index (χ1v) is 2.27. The average molecular weight is 149 g/mol. The zero-order valence-corrected chi connectivity index (χ0v) is 4.08. The lowest BCUT2D eigenvalue weighted by Crippen LogP contribution is -2.13. The van der Waals surface area contributed by atoms with Crippen molar-refractivity contribution in [2.24, 2.45) is 0 Å². The Morgan fingerprint density at radius 3 is 1.75 bits per heavy atom. The van der Waals surface area contributed by atoms with Gasteiger partial charge < -0.3 is 0 Å². The highest BCUT2D eigenvalue weighted by atomic mass is 32.2. The van der Waals surface area contributed by atoms with Crippen molar-refractivity contribution in [2.75, 3.05) is 0 Å². The predicted octanol–water partition coefficient (Wildman–Crippen LogP) is 0.532. The molecule has 0 aliphatic heterocycles. The number of halogens is 3. The maximum absolute atomic E-state index is 10.7. The Balaban J connectivity index is 3.55. The van der Waals surface area contributed by atoms with Gasteiger partial charge in [0.25, 0.3) is 0 Å². The van der Waals surface area contributed by atoms with Crippen LogP contribution in [0.5, 0.6) is 0 Å². The molecule has 0 spiro atoms. The molecule has 49 valence electrons. The van der Waals surface area contributed by atoms with Crippen molar-refractivity contribution in [2.45, 2.75) is 6.36 Å². The minimum Gasteiger partial charge on any atom is -0.194 e. The summed E-state index contributed by atoms with van der Waals surface area (Å²) in [5.41, 5.74) is 0. The van der Waals surface area contributed by atoms with E-state index in [9.17, 15) is 13.2 Å². The second kappa shape index (κ2) is 2.42. The molecule has 0 aliphatic carbocycles. The summed E-state index contributed by atoms with van der Waals surface area (Å²) in [6, 6.07) is 0. The van der Waals surface area contributed by atoms with E-state index in [1.54, 1.807) is 0 Å². The third-order valence-corrected chi connectivity index (χ3v) is 0.488. The van der Waals surface area contributed by atoms with Crippen LogP contribution in [0.3, 0.4) is 0 Å². The van der Waals surface area contributed by atoms with Crippen LogP contribution in [0, 0.1) is 0 Å². The van der Waals surface area contributed by atoms with Crippen LogP contribution in [-0.4, -0.2) is 10.6 Å². The van der Waals surface area contributed by atoms with Gasteiger partial charge in [-0.15, -0.1) is 13.2 Å². The second-order valence-electron chi connectivity index (χ2n) is 0.733. The maximum atomic E-state index is 10.7. The number of alkyl halides is 3. The fourth-order valence-electron chi connectivity index (χ4n) is 0.0772. The van der Waals surface area contributed by atoms with Gasteiger partial charge in [0.05, 0.1) is 0 Å². The Labute approximate surface area is 44.9 Å². The Hall–Kier alpha value is -0.140. The molecule has 1 atom stereocenters. The lowest BCUT2D eigenvalue weighted by atomic mass is 11.4. The van der Waals surface area contributed by atoms with E-state index in [4.69, 9.17) is 8.76 Å². The third-order valence-electron chi connectivity index (χ3n) is 0.163. The Morgan fingerprint density at radius 2 is 1.75 bits per heavy atom. The number of hydrogen-bond acceptors (Lipinski definition) is 2. The molecule has 0 rings (SSSR count). The van der Waals surface area contributed by atoms with E-state index in [-0.39, 0.29) is 0 Å². The summed E-state index contributed by atoms with van der Waals surface area (Å²) in [5.74, 6) is 0. The predicted molar refractivity (Wildman–Crippen MR) is 16.0 cm³/mol. The Kier molecular flexibility index (Phi) is 2.38. The van der Waals surface area contributed by atoms with Crippen LogP contribution in [0.2, 0.25) is 0 Å². The molecule has 0 aromatic rings. The Morgan fingerprint density at radius 1 is 1.38 bits per heavy atom. The minimum absolute atomic E-state index is 2.35. The minimum atomic E-state index is -5.09.